The predicted molar refractivity (Wildman–Crippen MR) is 75.6 cm³/mol. The number of hydrogen-bond donors (Lipinski definition) is 1. The van der Waals surface area contributed by atoms with Gasteiger partial charge in [-0.3, -0.25) is 4.79 Å². The van der Waals surface area contributed by atoms with Crippen LogP contribution in [-0.4, -0.2) is 18.7 Å². The maximum absolute atomic E-state index is 12.1. The van der Waals surface area contributed by atoms with Crippen LogP contribution in [0.5, 0.6) is 5.75 Å². The lowest BCUT2D eigenvalue weighted by atomic mass is 10.2. The minimum absolute atomic E-state index is 0.115. The van der Waals surface area contributed by atoms with Gasteiger partial charge in [0.2, 0.25) is 0 Å². The van der Waals surface area contributed by atoms with Gasteiger partial charge in [-0.25, -0.2) is 0 Å². The molecule has 0 aliphatic heterocycles. The number of halogens is 3. The van der Waals surface area contributed by atoms with Crippen molar-refractivity contribution in [2.75, 3.05) is 6.61 Å². The summed E-state index contributed by atoms with van der Waals surface area (Å²) in [5.74, 6) is -0.133. The highest BCUT2D eigenvalue weighted by molar-refractivity contribution is 5.94. The summed E-state index contributed by atoms with van der Waals surface area (Å²) in [6.45, 7) is -1.14. The molecule has 1 N–H and O–H groups in total. The van der Waals surface area contributed by atoms with Crippen molar-refractivity contribution in [2.45, 2.75) is 12.7 Å². The number of rotatable bonds is 5. The molecule has 0 aliphatic rings. The third kappa shape index (κ3) is 5.12. The van der Waals surface area contributed by atoms with Gasteiger partial charge >= 0.3 is 6.18 Å². The molecule has 0 saturated heterocycles. The molecule has 0 aromatic heterocycles. The van der Waals surface area contributed by atoms with Gasteiger partial charge in [-0.1, -0.05) is 30.3 Å². The Kier molecular flexibility index (Phi) is 5.04. The monoisotopic (exact) mass is 309 g/mol. The van der Waals surface area contributed by atoms with Crippen LogP contribution in [0.4, 0.5) is 13.2 Å². The molecule has 0 spiro atoms. The van der Waals surface area contributed by atoms with Gasteiger partial charge in [0.1, 0.15) is 5.75 Å². The second-order valence-corrected chi connectivity index (χ2v) is 4.60. The highest BCUT2D eigenvalue weighted by Gasteiger charge is 2.28. The molecule has 0 aliphatic carbocycles. The highest BCUT2D eigenvalue weighted by Crippen LogP contribution is 2.19. The van der Waals surface area contributed by atoms with E-state index in [1.807, 2.05) is 0 Å². The second kappa shape index (κ2) is 6.98. The van der Waals surface area contributed by atoms with E-state index in [1.54, 1.807) is 42.5 Å². The van der Waals surface area contributed by atoms with Crippen LogP contribution in [0, 0.1) is 0 Å². The zero-order valence-electron chi connectivity index (χ0n) is 11.6. The molecule has 0 fully saturated rings. The van der Waals surface area contributed by atoms with Crippen molar-refractivity contribution in [1.82, 2.24) is 5.32 Å². The summed E-state index contributed by atoms with van der Waals surface area (Å²) >= 11 is 0. The van der Waals surface area contributed by atoms with Gasteiger partial charge in [-0.15, -0.1) is 0 Å². The minimum Gasteiger partial charge on any atom is -0.484 e. The molecule has 0 bridgehead atoms. The molecule has 0 radical (unpaired) electrons. The summed E-state index contributed by atoms with van der Waals surface area (Å²) in [5.41, 5.74) is 1.18. The normalized spacial score (nSPS) is 11.0. The van der Waals surface area contributed by atoms with Crippen molar-refractivity contribution >= 4 is 5.91 Å². The first-order chi connectivity index (χ1) is 10.4. The van der Waals surface area contributed by atoms with Crippen LogP contribution >= 0.6 is 0 Å². The van der Waals surface area contributed by atoms with E-state index in [9.17, 15) is 18.0 Å². The number of carbonyl (C=O) groups excluding carboxylic acids is 1. The third-order valence-electron chi connectivity index (χ3n) is 2.79. The summed E-state index contributed by atoms with van der Waals surface area (Å²) < 4.78 is 41.0. The molecule has 2 aromatic carbocycles. The topological polar surface area (TPSA) is 38.3 Å². The fourth-order valence-corrected chi connectivity index (χ4v) is 1.78. The molecule has 0 heterocycles. The zero-order chi connectivity index (χ0) is 16.0. The van der Waals surface area contributed by atoms with Crippen LogP contribution in [0.1, 0.15) is 15.9 Å². The summed E-state index contributed by atoms with van der Waals surface area (Å²) in [7, 11) is 0. The van der Waals surface area contributed by atoms with Crippen LogP contribution in [0.2, 0.25) is 0 Å². The molecule has 0 saturated carbocycles. The van der Waals surface area contributed by atoms with Gasteiger partial charge in [-0.05, 0) is 29.8 Å². The summed E-state index contributed by atoms with van der Waals surface area (Å²) in [6.07, 6.45) is -4.38. The van der Waals surface area contributed by atoms with Crippen LogP contribution in [0.3, 0.4) is 0 Å². The Balaban J connectivity index is 1.92. The van der Waals surface area contributed by atoms with E-state index >= 15 is 0 Å². The predicted octanol–water partition coefficient (Wildman–Crippen LogP) is 3.56. The third-order valence-corrected chi connectivity index (χ3v) is 2.79. The molecular formula is C16H14F3NO2. The zero-order valence-corrected chi connectivity index (χ0v) is 11.6. The number of ether oxygens (including phenoxy) is 1. The molecule has 3 nitrogen and oxygen atoms in total. The van der Waals surface area contributed by atoms with Crippen molar-refractivity contribution < 1.29 is 22.7 Å². The van der Waals surface area contributed by atoms with E-state index in [0.717, 1.165) is 0 Å². The standard InChI is InChI=1S/C16H14F3NO2/c17-16(18,19)11-22-14-8-4-5-12(9-14)10-20-15(21)13-6-2-1-3-7-13/h1-9H,10-11H2,(H,20,21). The number of nitrogens with one attached hydrogen (secondary N) is 1. The van der Waals surface area contributed by atoms with E-state index < -0.39 is 12.8 Å². The van der Waals surface area contributed by atoms with E-state index in [0.29, 0.717) is 11.1 Å². The SMILES string of the molecule is O=C(NCc1cccc(OCC(F)(F)F)c1)c1ccccc1. The fraction of sp³-hybridized carbons (Fsp3) is 0.188. The van der Waals surface area contributed by atoms with Crippen molar-refractivity contribution in [3.63, 3.8) is 0 Å². The van der Waals surface area contributed by atoms with Crippen molar-refractivity contribution in [3.8, 4) is 5.75 Å². The van der Waals surface area contributed by atoms with Gasteiger partial charge in [0.25, 0.3) is 5.91 Å². The molecular weight excluding hydrogens is 295 g/mol. The molecule has 2 rings (SSSR count). The number of hydrogen-bond acceptors (Lipinski definition) is 2. The van der Waals surface area contributed by atoms with Crippen LogP contribution in [-0.2, 0) is 6.54 Å². The van der Waals surface area contributed by atoms with Crippen molar-refractivity contribution in [3.05, 3.63) is 65.7 Å². The Labute approximate surface area is 125 Å². The molecule has 0 unspecified atom stereocenters. The molecule has 6 heteroatoms. The average molecular weight is 309 g/mol. The van der Waals surface area contributed by atoms with E-state index in [-0.39, 0.29) is 18.2 Å². The maximum Gasteiger partial charge on any atom is 0.422 e. The minimum atomic E-state index is -4.38. The lowest BCUT2D eigenvalue weighted by Gasteiger charge is -2.10. The summed E-state index contributed by atoms with van der Waals surface area (Å²) in [6, 6.07) is 14.8. The Morgan fingerprint density at radius 1 is 1.05 bits per heavy atom. The lowest BCUT2D eigenvalue weighted by Crippen LogP contribution is -2.22. The maximum atomic E-state index is 12.1. The van der Waals surface area contributed by atoms with Gasteiger partial charge in [0.15, 0.2) is 6.61 Å². The fourth-order valence-electron chi connectivity index (χ4n) is 1.78. The number of benzene rings is 2. The molecule has 116 valence electrons. The first-order valence-electron chi connectivity index (χ1n) is 6.56. The Morgan fingerprint density at radius 2 is 1.77 bits per heavy atom. The lowest BCUT2D eigenvalue weighted by molar-refractivity contribution is -0.153. The van der Waals surface area contributed by atoms with Gasteiger partial charge < -0.3 is 10.1 Å². The summed E-state index contributed by atoms with van der Waals surface area (Å²) in [5, 5.41) is 2.70. The van der Waals surface area contributed by atoms with Gasteiger partial charge in [0, 0.05) is 12.1 Å². The Bertz CT molecular complexity index is 627. The van der Waals surface area contributed by atoms with Gasteiger partial charge in [-0.2, -0.15) is 13.2 Å². The number of alkyl halides is 3. The number of carbonyl (C=O) groups is 1. The molecule has 1 amide bonds. The van der Waals surface area contributed by atoms with Crippen LogP contribution in [0.25, 0.3) is 0 Å². The first-order valence-corrected chi connectivity index (χ1v) is 6.56. The molecule has 0 atom stereocenters. The number of amides is 1. The average Bonchev–Trinajstić information content (AvgIpc) is 2.51. The Morgan fingerprint density at radius 3 is 2.45 bits per heavy atom. The second-order valence-electron chi connectivity index (χ2n) is 4.60. The Hall–Kier alpha value is -2.50. The van der Waals surface area contributed by atoms with E-state index in [2.05, 4.69) is 10.1 Å². The summed E-state index contributed by atoms with van der Waals surface area (Å²) in [4.78, 5) is 11.9. The van der Waals surface area contributed by atoms with Crippen molar-refractivity contribution in [2.24, 2.45) is 0 Å². The van der Waals surface area contributed by atoms with Crippen LogP contribution in [0.15, 0.2) is 54.6 Å². The molecule has 2 aromatic rings. The smallest absolute Gasteiger partial charge is 0.422 e. The first kappa shape index (κ1) is 15.9. The quantitative estimate of drug-likeness (QED) is 0.917. The van der Waals surface area contributed by atoms with Crippen molar-refractivity contribution in [1.29, 1.82) is 0 Å². The molecule has 22 heavy (non-hydrogen) atoms. The van der Waals surface area contributed by atoms with E-state index in [4.69, 9.17) is 0 Å². The van der Waals surface area contributed by atoms with E-state index in [1.165, 1.54) is 12.1 Å². The van der Waals surface area contributed by atoms with Crippen LogP contribution < -0.4 is 10.1 Å². The van der Waals surface area contributed by atoms with Gasteiger partial charge in [0.05, 0.1) is 0 Å². The largest absolute Gasteiger partial charge is 0.484 e. The highest BCUT2D eigenvalue weighted by atomic mass is 19.4.